The molecule has 6 nitrogen and oxygen atoms in total. The molecule has 0 radical (unpaired) electrons. The van der Waals surface area contributed by atoms with Crippen molar-refractivity contribution in [3.8, 4) is 0 Å². The molecule has 0 aliphatic carbocycles. The lowest BCUT2D eigenvalue weighted by Gasteiger charge is -2.32. The molecule has 4 rings (SSSR count). The van der Waals surface area contributed by atoms with Crippen LogP contribution in [-0.4, -0.2) is 53.3 Å². The highest BCUT2D eigenvalue weighted by Crippen LogP contribution is 2.31. The number of carbonyl (C=O) groups is 2. The van der Waals surface area contributed by atoms with Gasteiger partial charge in [0.25, 0.3) is 0 Å². The number of amides is 2. The average Bonchev–Trinajstić information content (AvgIpc) is 3.18. The number of nitrogens with zero attached hydrogens (tertiary/aromatic N) is 3. The molecule has 1 atom stereocenters. The molecule has 2 amide bonds. The van der Waals surface area contributed by atoms with Crippen molar-refractivity contribution in [1.82, 2.24) is 14.8 Å². The smallest absolute Gasteiger partial charge is 0.227 e. The van der Waals surface area contributed by atoms with Gasteiger partial charge >= 0.3 is 0 Å². The fourth-order valence-corrected chi connectivity index (χ4v) is 3.70. The van der Waals surface area contributed by atoms with E-state index in [-0.39, 0.29) is 23.7 Å². The first-order chi connectivity index (χ1) is 11.6. The third kappa shape index (κ3) is 2.66. The van der Waals surface area contributed by atoms with E-state index in [9.17, 15) is 9.59 Å². The summed E-state index contributed by atoms with van der Waals surface area (Å²) in [6, 6.07) is 7.78. The van der Waals surface area contributed by atoms with Crippen LogP contribution in [0.2, 0.25) is 0 Å². The molecule has 3 heterocycles. The number of hydrogen-bond acceptors (Lipinski definition) is 4. The van der Waals surface area contributed by atoms with Crippen LogP contribution in [0.5, 0.6) is 0 Å². The molecule has 2 saturated heterocycles. The molecule has 0 saturated carbocycles. The second kappa shape index (κ2) is 5.92. The van der Waals surface area contributed by atoms with Gasteiger partial charge in [-0.1, -0.05) is 12.1 Å². The Balaban J connectivity index is 1.39. The van der Waals surface area contributed by atoms with Gasteiger partial charge < -0.3 is 14.2 Å². The van der Waals surface area contributed by atoms with Gasteiger partial charge in [-0.3, -0.25) is 9.59 Å². The van der Waals surface area contributed by atoms with Gasteiger partial charge in [0.2, 0.25) is 11.8 Å². The Bertz CT molecular complexity index is 744. The lowest BCUT2D eigenvalue weighted by Crippen LogP contribution is -2.42. The molecule has 1 aromatic carbocycles. The highest BCUT2D eigenvalue weighted by molar-refractivity contribution is 5.89. The Hall–Kier alpha value is -2.37. The Kier molecular flexibility index (Phi) is 3.75. The molecule has 0 N–H and O–H groups in total. The number of piperidine rings is 1. The number of fused-ring (bicyclic) bond motifs is 1. The minimum atomic E-state index is -0.177. The van der Waals surface area contributed by atoms with Gasteiger partial charge in [0.1, 0.15) is 5.52 Å². The molecule has 6 heteroatoms. The predicted octanol–water partition coefficient (Wildman–Crippen LogP) is 2.01. The second-order valence-electron chi connectivity index (χ2n) is 6.79. The average molecular weight is 327 g/mol. The van der Waals surface area contributed by atoms with Crippen molar-refractivity contribution in [3.63, 3.8) is 0 Å². The third-order valence-corrected chi connectivity index (χ3v) is 5.16. The number of para-hydroxylation sites is 2. The van der Waals surface area contributed by atoms with Crippen LogP contribution < -0.4 is 0 Å². The quantitative estimate of drug-likeness (QED) is 0.846. The second-order valence-corrected chi connectivity index (χ2v) is 6.79. The molecular formula is C18H21N3O3. The van der Waals surface area contributed by atoms with E-state index in [1.807, 2.05) is 29.2 Å². The Morgan fingerprint density at radius 1 is 1.25 bits per heavy atom. The number of oxazole rings is 1. The van der Waals surface area contributed by atoms with Crippen LogP contribution >= 0.6 is 0 Å². The monoisotopic (exact) mass is 327 g/mol. The maximum absolute atomic E-state index is 12.6. The molecule has 0 bridgehead atoms. The number of likely N-dealkylation sites (tertiary alicyclic amines) is 2. The van der Waals surface area contributed by atoms with E-state index in [0.717, 1.165) is 29.8 Å². The minimum absolute atomic E-state index is 0.0645. The number of aromatic nitrogens is 1. The molecule has 1 unspecified atom stereocenters. The van der Waals surface area contributed by atoms with Gasteiger partial charge in [0, 0.05) is 39.0 Å². The first-order valence-corrected chi connectivity index (χ1v) is 8.50. The molecule has 2 fully saturated rings. The zero-order valence-electron chi connectivity index (χ0n) is 13.8. The summed E-state index contributed by atoms with van der Waals surface area (Å²) in [5.41, 5.74) is 1.71. The first kappa shape index (κ1) is 15.2. The standard InChI is InChI=1S/C18H21N3O3/c1-20-11-13(10-16(20)22)18(23)21-8-6-12(7-9-21)17-19-14-4-2-3-5-15(14)24-17/h2-5,12-13H,6-11H2,1H3. The molecule has 2 aliphatic rings. The molecular weight excluding hydrogens is 306 g/mol. The van der Waals surface area contributed by atoms with Crippen molar-refractivity contribution < 1.29 is 14.0 Å². The summed E-state index contributed by atoms with van der Waals surface area (Å²) in [5.74, 6) is 1.04. The Morgan fingerprint density at radius 3 is 2.67 bits per heavy atom. The summed E-state index contributed by atoms with van der Waals surface area (Å²) in [4.78, 5) is 32.3. The van der Waals surface area contributed by atoms with Gasteiger partial charge in [0.15, 0.2) is 11.5 Å². The predicted molar refractivity (Wildman–Crippen MR) is 88.3 cm³/mol. The zero-order valence-corrected chi connectivity index (χ0v) is 13.8. The van der Waals surface area contributed by atoms with E-state index >= 15 is 0 Å². The van der Waals surface area contributed by atoms with Crippen LogP contribution in [0.3, 0.4) is 0 Å². The SMILES string of the molecule is CN1CC(C(=O)N2CCC(c3nc4ccccc4o3)CC2)CC1=O. The summed E-state index contributed by atoms with van der Waals surface area (Å²) in [5, 5.41) is 0. The summed E-state index contributed by atoms with van der Waals surface area (Å²) in [6.45, 7) is 1.95. The number of rotatable bonds is 2. The van der Waals surface area contributed by atoms with E-state index in [2.05, 4.69) is 4.98 Å². The first-order valence-electron chi connectivity index (χ1n) is 8.50. The van der Waals surface area contributed by atoms with Crippen LogP contribution in [0.1, 0.15) is 31.1 Å². The number of benzene rings is 1. The summed E-state index contributed by atoms with van der Waals surface area (Å²) < 4.78 is 5.87. The van der Waals surface area contributed by atoms with Crippen LogP contribution in [0, 0.1) is 5.92 Å². The van der Waals surface area contributed by atoms with Crippen molar-refractivity contribution in [2.75, 3.05) is 26.7 Å². The fraction of sp³-hybridized carbons (Fsp3) is 0.500. The van der Waals surface area contributed by atoms with Gasteiger partial charge in [-0.15, -0.1) is 0 Å². The Morgan fingerprint density at radius 2 is 2.00 bits per heavy atom. The maximum Gasteiger partial charge on any atom is 0.227 e. The van der Waals surface area contributed by atoms with Crippen molar-refractivity contribution in [2.45, 2.75) is 25.2 Å². The van der Waals surface area contributed by atoms with Gasteiger partial charge in [-0.25, -0.2) is 4.98 Å². The van der Waals surface area contributed by atoms with E-state index in [1.54, 1.807) is 11.9 Å². The molecule has 2 aliphatic heterocycles. The van der Waals surface area contributed by atoms with Crippen molar-refractivity contribution in [1.29, 1.82) is 0 Å². The lowest BCUT2D eigenvalue weighted by atomic mass is 9.95. The van der Waals surface area contributed by atoms with Gasteiger partial charge in [-0.05, 0) is 25.0 Å². The normalized spacial score (nSPS) is 22.5. The van der Waals surface area contributed by atoms with E-state index in [1.165, 1.54) is 0 Å². The highest BCUT2D eigenvalue weighted by Gasteiger charge is 2.36. The zero-order chi connectivity index (χ0) is 16.7. The molecule has 2 aromatic rings. The van der Waals surface area contributed by atoms with Crippen molar-refractivity contribution in [3.05, 3.63) is 30.2 Å². The number of hydrogen-bond donors (Lipinski definition) is 0. The summed E-state index contributed by atoms with van der Waals surface area (Å²) in [7, 11) is 1.76. The van der Waals surface area contributed by atoms with Crippen LogP contribution in [0.15, 0.2) is 28.7 Å². The largest absolute Gasteiger partial charge is 0.440 e. The van der Waals surface area contributed by atoms with Crippen molar-refractivity contribution in [2.24, 2.45) is 5.92 Å². The van der Waals surface area contributed by atoms with Gasteiger partial charge in [-0.2, -0.15) is 0 Å². The molecule has 24 heavy (non-hydrogen) atoms. The van der Waals surface area contributed by atoms with E-state index in [4.69, 9.17) is 4.42 Å². The minimum Gasteiger partial charge on any atom is -0.440 e. The van der Waals surface area contributed by atoms with Crippen LogP contribution in [0.25, 0.3) is 11.1 Å². The van der Waals surface area contributed by atoms with Crippen LogP contribution in [0.4, 0.5) is 0 Å². The van der Waals surface area contributed by atoms with E-state index < -0.39 is 0 Å². The maximum atomic E-state index is 12.6. The summed E-state index contributed by atoms with van der Waals surface area (Å²) in [6.07, 6.45) is 2.06. The number of carbonyl (C=O) groups excluding carboxylic acids is 2. The lowest BCUT2D eigenvalue weighted by molar-refractivity contribution is -0.136. The van der Waals surface area contributed by atoms with Crippen LogP contribution in [-0.2, 0) is 9.59 Å². The van der Waals surface area contributed by atoms with Gasteiger partial charge in [0.05, 0.1) is 5.92 Å². The topological polar surface area (TPSA) is 66.7 Å². The van der Waals surface area contributed by atoms with E-state index in [0.29, 0.717) is 26.1 Å². The van der Waals surface area contributed by atoms with Crippen molar-refractivity contribution >= 4 is 22.9 Å². The fourth-order valence-electron chi connectivity index (χ4n) is 3.70. The highest BCUT2D eigenvalue weighted by atomic mass is 16.3. The Labute approximate surface area is 140 Å². The summed E-state index contributed by atoms with van der Waals surface area (Å²) >= 11 is 0. The third-order valence-electron chi connectivity index (χ3n) is 5.16. The molecule has 126 valence electrons. The molecule has 0 spiro atoms. The molecule has 1 aromatic heterocycles.